The fraction of sp³-hybridized carbons (Fsp3) is 0.294. The minimum atomic E-state index is 0.0155. The van der Waals surface area contributed by atoms with Crippen molar-refractivity contribution in [2.45, 2.75) is 13.0 Å². The molecule has 0 radical (unpaired) electrons. The molecule has 1 amide bonds. The van der Waals surface area contributed by atoms with Crippen LogP contribution in [0.4, 0.5) is 0 Å². The number of aromatic nitrogens is 1. The number of amides is 1. The number of halogens is 1. The van der Waals surface area contributed by atoms with Crippen LogP contribution in [0.3, 0.4) is 0 Å². The fourth-order valence-electron chi connectivity index (χ4n) is 2.50. The zero-order valence-corrected chi connectivity index (χ0v) is 14.4. The van der Waals surface area contributed by atoms with Crippen molar-refractivity contribution in [3.8, 4) is 11.6 Å². The molecule has 1 atom stereocenters. The first-order valence-corrected chi connectivity index (χ1v) is 8.34. The van der Waals surface area contributed by atoms with Crippen molar-refractivity contribution >= 4 is 21.8 Å². The van der Waals surface area contributed by atoms with Crippen LogP contribution < -0.4 is 10.1 Å². The Morgan fingerprint density at radius 1 is 1.30 bits per heavy atom. The summed E-state index contributed by atoms with van der Waals surface area (Å²) in [5, 5.41) is 3.28. The molecule has 2 heterocycles. The van der Waals surface area contributed by atoms with Crippen LogP contribution in [0, 0.1) is 0 Å². The van der Waals surface area contributed by atoms with Crippen molar-refractivity contribution in [2.75, 3.05) is 19.6 Å². The van der Waals surface area contributed by atoms with Crippen molar-refractivity contribution in [3.05, 3.63) is 52.6 Å². The van der Waals surface area contributed by atoms with Gasteiger partial charge < -0.3 is 15.0 Å². The van der Waals surface area contributed by atoms with E-state index >= 15 is 0 Å². The molecule has 2 aromatic rings. The third-order valence-electron chi connectivity index (χ3n) is 3.78. The minimum Gasteiger partial charge on any atom is -0.439 e. The molecule has 0 aliphatic carbocycles. The number of hydrogen-bond acceptors (Lipinski definition) is 4. The molecule has 1 N–H and O–H groups in total. The Labute approximate surface area is 143 Å². The summed E-state index contributed by atoms with van der Waals surface area (Å²) < 4.78 is 6.66. The zero-order chi connectivity index (χ0) is 16.2. The van der Waals surface area contributed by atoms with Crippen molar-refractivity contribution in [1.29, 1.82) is 0 Å². The van der Waals surface area contributed by atoms with Gasteiger partial charge in [-0.15, -0.1) is 0 Å². The van der Waals surface area contributed by atoms with Gasteiger partial charge >= 0.3 is 0 Å². The van der Waals surface area contributed by atoms with Gasteiger partial charge in [-0.2, -0.15) is 0 Å². The first-order chi connectivity index (χ1) is 11.1. The zero-order valence-electron chi connectivity index (χ0n) is 12.8. The Morgan fingerprint density at radius 2 is 2.09 bits per heavy atom. The molecular formula is C17H18BrN3O2. The van der Waals surface area contributed by atoms with Crippen molar-refractivity contribution in [3.63, 3.8) is 0 Å². The van der Waals surface area contributed by atoms with Crippen molar-refractivity contribution in [2.24, 2.45) is 0 Å². The van der Waals surface area contributed by atoms with Crippen LogP contribution in [-0.4, -0.2) is 41.5 Å². The second-order valence-electron chi connectivity index (χ2n) is 5.49. The number of hydrogen-bond donors (Lipinski definition) is 1. The largest absolute Gasteiger partial charge is 0.439 e. The molecule has 120 valence electrons. The van der Waals surface area contributed by atoms with Gasteiger partial charge in [-0.1, -0.05) is 15.9 Å². The van der Waals surface area contributed by atoms with E-state index < -0.39 is 0 Å². The lowest BCUT2D eigenvalue weighted by molar-refractivity contribution is 0.0655. The molecule has 1 fully saturated rings. The van der Waals surface area contributed by atoms with Gasteiger partial charge in [0, 0.05) is 42.4 Å². The van der Waals surface area contributed by atoms with E-state index in [9.17, 15) is 4.79 Å². The van der Waals surface area contributed by atoms with Crippen LogP contribution in [0.2, 0.25) is 0 Å². The molecule has 1 aliphatic heterocycles. The van der Waals surface area contributed by atoms with Gasteiger partial charge in [-0.05, 0) is 37.3 Å². The van der Waals surface area contributed by atoms with Crippen LogP contribution in [0.25, 0.3) is 0 Å². The normalized spacial score (nSPS) is 17.8. The van der Waals surface area contributed by atoms with Crippen molar-refractivity contribution < 1.29 is 9.53 Å². The number of carbonyl (C=O) groups excluding carboxylic acids is 1. The molecule has 1 aromatic carbocycles. The van der Waals surface area contributed by atoms with E-state index in [2.05, 4.69) is 26.2 Å². The van der Waals surface area contributed by atoms with E-state index in [0.29, 0.717) is 17.2 Å². The monoisotopic (exact) mass is 375 g/mol. The summed E-state index contributed by atoms with van der Waals surface area (Å²) in [6.45, 7) is 4.41. The summed E-state index contributed by atoms with van der Waals surface area (Å²) >= 11 is 3.38. The highest BCUT2D eigenvalue weighted by Gasteiger charge is 2.24. The molecule has 23 heavy (non-hydrogen) atoms. The molecule has 0 spiro atoms. The maximum atomic E-state index is 12.5. The number of benzene rings is 1. The van der Waals surface area contributed by atoms with Gasteiger partial charge in [-0.3, -0.25) is 4.79 Å². The second kappa shape index (κ2) is 7.10. The molecule has 0 bridgehead atoms. The number of nitrogens with zero attached hydrogens (tertiary/aromatic N) is 2. The molecule has 0 unspecified atom stereocenters. The number of nitrogens with one attached hydrogen (secondary N) is 1. The van der Waals surface area contributed by atoms with Crippen molar-refractivity contribution in [1.82, 2.24) is 15.2 Å². The predicted octanol–water partition coefficient (Wildman–Crippen LogP) is 3.07. The number of piperazine rings is 1. The average Bonchev–Trinajstić information content (AvgIpc) is 2.57. The van der Waals surface area contributed by atoms with Gasteiger partial charge in [0.05, 0.1) is 5.56 Å². The first kappa shape index (κ1) is 16.0. The highest BCUT2D eigenvalue weighted by Crippen LogP contribution is 2.22. The van der Waals surface area contributed by atoms with E-state index in [1.165, 1.54) is 0 Å². The second-order valence-corrected chi connectivity index (χ2v) is 6.41. The Bertz CT molecular complexity index is 673. The van der Waals surface area contributed by atoms with E-state index in [1.54, 1.807) is 18.3 Å². The summed E-state index contributed by atoms with van der Waals surface area (Å²) in [6, 6.07) is 11.2. The van der Waals surface area contributed by atoms with E-state index in [-0.39, 0.29) is 11.9 Å². The maximum Gasteiger partial charge on any atom is 0.255 e. The minimum absolute atomic E-state index is 0.0155. The molecule has 1 aromatic heterocycles. The maximum absolute atomic E-state index is 12.5. The van der Waals surface area contributed by atoms with E-state index in [0.717, 1.165) is 24.1 Å². The van der Waals surface area contributed by atoms with Gasteiger partial charge in [0.25, 0.3) is 5.91 Å². The fourth-order valence-corrected chi connectivity index (χ4v) is 2.76. The van der Waals surface area contributed by atoms with Crippen LogP contribution >= 0.6 is 15.9 Å². The Kier molecular flexibility index (Phi) is 4.93. The summed E-state index contributed by atoms with van der Waals surface area (Å²) in [4.78, 5) is 18.6. The standard InChI is InChI=1S/C17H18BrN3O2/c1-12-10-19-8-9-21(12)17(22)13-2-7-16(20-11-13)23-15-5-3-14(18)4-6-15/h2-7,11-12,19H,8-10H2,1H3/t12-/m0/s1. The molecule has 0 saturated carbocycles. The number of rotatable bonds is 3. The third kappa shape index (κ3) is 3.89. The lowest BCUT2D eigenvalue weighted by atomic mass is 10.1. The Hall–Kier alpha value is -1.92. The van der Waals surface area contributed by atoms with Crippen LogP contribution in [-0.2, 0) is 0 Å². The summed E-state index contributed by atoms with van der Waals surface area (Å²) in [6.07, 6.45) is 1.57. The van der Waals surface area contributed by atoms with Crippen LogP contribution in [0.15, 0.2) is 47.1 Å². The molecule has 5 nitrogen and oxygen atoms in total. The first-order valence-electron chi connectivity index (χ1n) is 7.54. The Morgan fingerprint density at radius 3 is 2.74 bits per heavy atom. The smallest absolute Gasteiger partial charge is 0.255 e. The van der Waals surface area contributed by atoms with E-state index in [4.69, 9.17) is 4.74 Å². The third-order valence-corrected chi connectivity index (χ3v) is 4.31. The molecule has 1 saturated heterocycles. The summed E-state index contributed by atoms with van der Waals surface area (Å²) in [7, 11) is 0. The molecule has 6 heteroatoms. The van der Waals surface area contributed by atoms with E-state index in [1.807, 2.05) is 36.1 Å². The molecule has 1 aliphatic rings. The number of carbonyl (C=O) groups is 1. The highest BCUT2D eigenvalue weighted by atomic mass is 79.9. The van der Waals surface area contributed by atoms with Gasteiger partial charge in [-0.25, -0.2) is 4.98 Å². The highest BCUT2D eigenvalue weighted by molar-refractivity contribution is 9.10. The molecular weight excluding hydrogens is 358 g/mol. The lowest BCUT2D eigenvalue weighted by Crippen LogP contribution is -2.52. The van der Waals surface area contributed by atoms with Gasteiger partial charge in [0.1, 0.15) is 5.75 Å². The van der Waals surface area contributed by atoms with Gasteiger partial charge in [0.15, 0.2) is 0 Å². The van der Waals surface area contributed by atoms with Crippen LogP contribution in [0.1, 0.15) is 17.3 Å². The number of pyridine rings is 1. The quantitative estimate of drug-likeness (QED) is 0.895. The Balaban J connectivity index is 1.69. The SMILES string of the molecule is C[C@H]1CNCCN1C(=O)c1ccc(Oc2ccc(Br)cc2)nc1. The van der Waals surface area contributed by atoms with Gasteiger partial charge in [0.2, 0.25) is 5.88 Å². The topological polar surface area (TPSA) is 54.5 Å². The molecule has 3 rings (SSSR count). The summed E-state index contributed by atoms with van der Waals surface area (Å²) in [5.41, 5.74) is 0.585. The van der Waals surface area contributed by atoms with Crippen LogP contribution in [0.5, 0.6) is 11.6 Å². The number of ether oxygens (including phenoxy) is 1. The average molecular weight is 376 g/mol. The predicted molar refractivity (Wildman–Crippen MR) is 91.8 cm³/mol. The lowest BCUT2D eigenvalue weighted by Gasteiger charge is -2.33. The summed E-state index contributed by atoms with van der Waals surface area (Å²) in [5.74, 6) is 1.19.